The predicted octanol–water partition coefficient (Wildman–Crippen LogP) is 3.89. The van der Waals surface area contributed by atoms with Crippen LogP contribution in [0.25, 0.3) is 0 Å². The Balaban J connectivity index is 2.01. The van der Waals surface area contributed by atoms with E-state index in [0.29, 0.717) is 6.54 Å². The van der Waals surface area contributed by atoms with E-state index in [0.717, 1.165) is 21.5 Å². The molecular weight excluding hydrogens is 310 g/mol. The van der Waals surface area contributed by atoms with E-state index in [1.807, 2.05) is 31.2 Å². The van der Waals surface area contributed by atoms with Crippen molar-refractivity contribution < 1.29 is 13.9 Å². The highest BCUT2D eigenvalue weighted by atomic mass is 79.9. The Bertz CT molecular complexity index is 575. The lowest BCUT2D eigenvalue weighted by Crippen LogP contribution is -2.00. The van der Waals surface area contributed by atoms with Gasteiger partial charge in [0, 0.05) is 35.3 Å². The molecule has 0 saturated heterocycles. The van der Waals surface area contributed by atoms with Crippen molar-refractivity contribution in [1.82, 2.24) is 0 Å². The second kappa shape index (κ2) is 5.93. The third-order valence-electron chi connectivity index (χ3n) is 2.57. The van der Waals surface area contributed by atoms with Crippen LogP contribution in [0.4, 0.5) is 5.69 Å². The number of aryl methyl sites for hydroxylation is 1. The number of hydrogen-bond donors (Lipinski definition) is 1. The number of furan rings is 1. The zero-order valence-corrected chi connectivity index (χ0v) is 12.3. The summed E-state index contributed by atoms with van der Waals surface area (Å²) < 4.78 is 11.3. The van der Waals surface area contributed by atoms with Crippen molar-refractivity contribution in [3.63, 3.8) is 0 Å². The summed E-state index contributed by atoms with van der Waals surface area (Å²) in [4.78, 5) is 10.8. The van der Waals surface area contributed by atoms with Gasteiger partial charge in [-0.2, -0.15) is 0 Å². The molecule has 1 heterocycles. The molecule has 5 heteroatoms. The molecule has 0 spiro atoms. The number of rotatable bonds is 4. The van der Waals surface area contributed by atoms with Crippen LogP contribution in [0.15, 0.2) is 39.2 Å². The summed E-state index contributed by atoms with van der Waals surface area (Å²) in [5.74, 6) is 0.583. The molecule has 0 amide bonds. The van der Waals surface area contributed by atoms with Crippen LogP contribution in [0.5, 0.6) is 5.95 Å². The standard InChI is InChI=1S/C14H14BrNO3/c1-9-11(7-14(18-9)19-10(2)17)8-16-13-5-3-12(15)4-6-13/h3-7,16H,8H2,1-2H3. The molecular formula is C14H14BrNO3. The molecule has 0 aliphatic heterocycles. The third-order valence-corrected chi connectivity index (χ3v) is 3.10. The van der Waals surface area contributed by atoms with Crippen LogP contribution in [0.2, 0.25) is 0 Å². The lowest BCUT2D eigenvalue weighted by Gasteiger charge is -2.05. The largest absolute Gasteiger partial charge is 0.430 e. The monoisotopic (exact) mass is 323 g/mol. The summed E-state index contributed by atoms with van der Waals surface area (Å²) in [5.41, 5.74) is 1.97. The average molecular weight is 324 g/mol. The highest BCUT2D eigenvalue weighted by molar-refractivity contribution is 9.10. The zero-order valence-electron chi connectivity index (χ0n) is 10.7. The molecule has 4 nitrogen and oxygen atoms in total. The van der Waals surface area contributed by atoms with Crippen LogP contribution in [0, 0.1) is 6.92 Å². The molecule has 2 aromatic rings. The zero-order chi connectivity index (χ0) is 13.8. The number of hydrogen-bond acceptors (Lipinski definition) is 4. The fourth-order valence-corrected chi connectivity index (χ4v) is 1.89. The van der Waals surface area contributed by atoms with E-state index in [1.165, 1.54) is 6.92 Å². The van der Waals surface area contributed by atoms with Gasteiger partial charge in [-0.15, -0.1) is 0 Å². The number of anilines is 1. The number of nitrogens with one attached hydrogen (secondary N) is 1. The second-order valence-electron chi connectivity index (χ2n) is 4.10. The summed E-state index contributed by atoms with van der Waals surface area (Å²) in [7, 11) is 0. The summed E-state index contributed by atoms with van der Waals surface area (Å²) >= 11 is 3.39. The quantitative estimate of drug-likeness (QED) is 0.867. The first-order chi connectivity index (χ1) is 9.04. The number of halogens is 1. The van der Waals surface area contributed by atoms with Gasteiger partial charge in [0.2, 0.25) is 0 Å². The Morgan fingerprint density at radius 2 is 2.05 bits per heavy atom. The summed E-state index contributed by atoms with van der Waals surface area (Å²) in [6.07, 6.45) is 0. The molecule has 100 valence electrons. The minimum atomic E-state index is -0.388. The van der Waals surface area contributed by atoms with E-state index in [1.54, 1.807) is 6.07 Å². The van der Waals surface area contributed by atoms with Crippen LogP contribution in [-0.4, -0.2) is 5.97 Å². The first-order valence-corrected chi connectivity index (χ1v) is 6.61. The molecule has 0 aliphatic carbocycles. The van der Waals surface area contributed by atoms with E-state index < -0.39 is 0 Å². The minimum Gasteiger partial charge on any atom is -0.430 e. The molecule has 0 bridgehead atoms. The van der Waals surface area contributed by atoms with Crippen molar-refractivity contribution in [2.45, 2.75) is 20.4 Å². The fraction of sp³-hybridized carbons (Fsp3) is 0.214. The van der Waals surface area contributed by atoms with Crippen molar-refractivity contribution in [3.8, 4) is 5.95 Å². The molecule has 1 N–H and O–H groups in total. The summed E-state index contributed by atoms with van der Waals surface area (Å²) in [5, 5.41) is 3.27. The van der Waals surface area contributed by atoms with Gasteiger partial charge < -0.3 is 14.5 Å². The maximum Gasteiger partial charge on any atom is 0.310 e. The molecule has 1 aromatic heterocycles. The second-order valence-corrected chi connectivity index (χ2v) is 5.02. The SMILES string of the molecule is CC(=O)Oc1cc(CNc2ccc(Br)cc2)c(C)o1. The molecule has 2 rings (SSSR count). The average Bonchev–Trinajstić information content (AvgIpc) is 2.68. The molecule has 0 aliphatic rings. The number of esters is 1. The smallest absolute Gasteiger partial charge is 0.310 e. The van der Waals surface area contributed by atoms with Crippen molar-refractivity contribution in [1.29, 1.82) is 0 Å². The van der Waals surface area contributed by atoms with E-state index in [2.05, 4.69) is 21.2 Å². The number of ether oxygens (including phenoxy) is 1. The van der Waals surface area contributed by atoms with Gasteiger partial charge >= 0.3 is 5.97 Å². The Hall–Kier alpha value is -1.75. The summed E-state index contributed by atoms with van der Waals surface area (Å²) in [6, 6.07) is 9.62. The Kier molecular flexibility index (Phi) is 4.27. The maximum absolute atomic E-state index is 10.8. The van der Waals surface area contributed by atoms with Gasteiger partial charge in [-0.05, 0) is 31.2 Å². The maximum atomic E-state index is 10.8. The van der Waals surface area contributed by atoms with E-state index >= 15 is 0 Å². The predicted molar refractivity (Wildman–Crippen MR) is 76.2 cm³/mol. The van der Waals surface area contributed by atoms with Crippen LogP contribution < -0.4 is 10.1 Å². The fourth-order valence-electron chi connectivity index (χ4n) is 1.62. The van der Waals surface area contributed by atoms with Crippen molar-refractivity contribution in [3.05, 3.63) is 46.1 Å². The third kappa shape index (κ3) is 3.86. The molecule has 0 saturated carbocycles. The van der Waals surface area contributed by atoms with Gasteiger partial charge in [-0.25, -0.2) is 0 Å². The Morgan fingerprint density at radius 1 is 1.37 bits per heavy atom. The highest BCUT2D eigenvalue weighted by Gasteiger charge is 2.09. The first-order valence-electron chi connectivity index (χ1n) is 5.82. The van der Waals surface area contributed by atoms with Gasteiger partial charge in [-0.1, -0.05) is 15.9 Å². The topological polar surface area (TPSA) is 51.5 Å². The van der Waals surface area contributed by atoms with E-state index in [9.17, 15) is 4.79 Å². The van der Waals surface area contributed by atoms with Crippen LogP contribution in [0.3, 0.4) is 0 Å². The number of carbonyl (C=O) groups is 1. The lowest BCUT2D eigenvalue weighted by atomic mass is 10.2. The van der Waals surface area contributed by atoms with Gasteiger partial charge in [0.25, 0.3) is 5.95 Å². The molecule has 0 atom stereocenters. The molecule has 0 fully saturated rings. The van der Waals surface area contributed by atoms with Gasteiger partial charge in [0.15, 0.2) is 0 Å². The number of carbonyl (C=O) groups excluding carboxylic acids is 1. The van der Waals surface area contributed by atoms with Gasteiger partial charge in [0.05, 0.1) is 0 Å². The Labute approximate surface area is 119 Å². The summed E-state index contributed by atoms with van der Waals surface area (Å²) in [6.45, 7) is 3.79. The van der Waals surface area contributed by atoms with Crippen molar-refractivity contribution in [2.24, 2.45) is 0 Å². The first kappa shape index (κ1) is 13.7. The van der Waals surface area contributed by atoms with Gasteiger partial charge in [0.1, 0.15) is 5.76 Å². The minimum absolute atomic E-state index is 0.234. The molecule has 0 unspecified atom stereocenters. The highest BCUT2D eigenvalue weighted by Crippen LogP contribution is 2.23. The van der Waals surface area contributed by atoms with E-state index in [4.69, 9.17) is 9.15 Å². The Morgan fingerprint density at radius 3 is 2.68 bits per heavy atom. The molecule has 19 heavy (non-hydrogen) atoms. The van der Waals surface area contributed by atoms with Gasteiger partial charge in [-0.3, -0.25) is 4.79 Å². The van der Waals surface area contributed by atoms with Crippen molar-refractivity contribution in [2.75, 3.05) is 5.32 Å². The van der Waals surface area contributed by atoms with Crippen molar-refractivity contribution >= 4 is 27.6 Å². The molecule has 1 aromatic carbocycles. The van der Waals surface area contributed by atoms with Crippen LogP contribution in [0.1, 0.15) is 18.2 Å². The van der Waals surface area contributed by atoms with E-state index in [-0.39, 0.29) is 11.9 Å². The van der Waals surface area contributed by atoms with Crippen LogP contribution in [-0.2, 0) is 11.3 Å². The number of benzene rings is 1. The lowest BCUT2D eigenvalue weighted by molar-refractivity contribution is -0.133. The molecule has 0 radical (unpaired) electrons. The normalized spacial score (nSPS) is 10.3. The van der Waals surface area contributed by atoms with Crippen LogP contribution >= 0.6 is 15.9 Å².